The second kappa shape index (κ2) is 7.88. The number of carboxylic acids is 1. The van der Waals surface area contributed by atoms with E-state index >= 15 is 0 Å². The van der Waals surface area contributed by atoms with E-state index in [1.807, 2.05) is 12.1 Å². The number of halogens is 1. The molecule has 0 atom stereocenters. The summed E-state index contributed by atoms with van der Waals surface area (Å²) in [4.78, 5) is 27.6. The zero-order chi connectivity index (χ0) is 20.3. The molecule has 1 aliphatic heterocycles. The van der Waals surface area contributed by atoms with Gasteiger partial charge in [0.05, 0.1) is 0 Å². The molecule has 0 saturated carbocycles. The number of hydrogen-bond acceptors (Lipinski definition) is 4. The average Bonchev–Trinajstić information content (AvgIpc) is 2.68. The van der Waals surface area contributed by atoms with Gasteiger partial charge in [0.2, 0.25) is 0 Å². The molecule has 7 heteroatoms. The highest BCUT2D eigenvalue weighted by Crippen LogP contribution is 2.24. The molecule has 0 radical (unpaired) electrons. The van der Waals surface area contributed by atoms with Gasteiger partial charge >= 0.3 is 5.97 Å². The fourth-order valence-electron chi connectivity index (χ4n) is 3.01. The summed E-state index contributed by atoms with van der Waals surface area (Å²) in [5.41, 5.74) is 0.167. The van der Waals surface area contributed by atoms with Crippen molar-refractivity contribution < 1.29 is 23.8 Å². The lowest BCUT2D eigenvalue weighted by atomic mass is 10.1. The molecule has 1 N–H and O–H groups in total. The molecule has 1 saturated heterocycles. The summed E-state index contributed by atoms with van der Waals surface area (Å²) in [7, 11) is 0. The largest absolute Gasteiger partial charge is 0.478 e. The van der Waals surface area contributed by atoms with Crippen molar-refractivity contribution >= 4 is 17.6 Å². The second-order valence-corrected chi connectivity index (χ2v) is 7.20. The van der Waals surface area contributed by atoms with Crippen LogP contribution in [0.1, 0.15) is 24.2 Å². The Balaban J connectivity index is 1.58. The molecule has 0 spiro atoms. The standard InChI is InChI=1S/C21H23FN2O4/c1-21(2,20(26)27)28-18-9-7-17(8-10-18)23-11-13-24(14-12-23)19(25)15-3-5-16(22)6-4-15/h3-10H,11-14H2,1-2H3,(H,26,27). The monoisotopic (exact) mass is 386 g/mol. The highest BCUT2D eigenvalue weighted by atomic mass is 19.1. The van der Waals surface area contributed by atoms with Crippen molar-refractivity contribution in [1.29, 1.82) is 0 Å². The lowest BCUT2D eigenvalue weighted by molar-refractivity contribution is -0.152. The van der Waals surface area contributed by atoms with Crippen LogP contribution in [0, 0.1) is 5.82 Å². The van der Waals surface area contributed by atoms with Gasteiger partial charge in [0.1, 0.15) is 11.6 Å². The summed E-state index contributed by atoms with van der Waals surface area (Å²) >= 11 is 0. The zero-order valence-electron chi connectivity index (χ0n) is 15.9. The summed E-state index contributed by atoms with van der Waals surface area (Å²) in [6.45, 7) is 5.49. The van der Waals surface area contributed by atoms with E-state index in [2.05, 4.69) is 4.90 Å². The van der Waals surface area contributed by atoms with Crippen LogP contribution in [-0.4, -0.2) is 53.7 Å². The first-order valence-corrected chi connectivity index (χ1v) is 9.08. The number of carboxylic acid groups (broad SMARTS) is 1. The van der Waals surface area contributed by atoms with Crippen molar-refractivity contribution in [3.63, 3.8) is 0 Å². The smallest absolute Gasteiger partial charge is 0.347 e. The molecule has 1 aliphatic rings. The average molecular weight is 386 g/mol. The summed E-state index contributed by atoms with van der Waals surface area (Å²) in [6.07, 6.45) is 0. The van der Waals surface area contributed by atoms with Gasteiger partial charge in [0.15, 0.2) is 5.60 Å². The van der Waals surface area contributed by atoms with Crippen molar-refractivity contribution in [3.05, 3.63) is 59.9 Å². The first kappa shape index (κ1) is 19.7. The van der Waals surface area contributed by atoms with Gasteiger partial charge in [0.25, 0.3) is 5.91 Å². The molecule has 2 aromatic rings. The van der Waals surface area contributed by atoms with E-state index in [9.17, 15) is 14.0 Å². The second-order valence-electron chi connectivity index (χ2n) is 7.20. The summed E-state index contributed by atoms with van der Waals surface area (Å²) < 4.78 is 18.5. The van der Waals surface area contributed by atoms with E-state index in [-0.39, 0.29) is 11.7 Å². The quantitative estimate of drug-likeness (QED) is 0.855. The Morgan fingerprint density at radius 3 is 2.07 bits per heavy atom. The summed E-state index contributed by atoms with van der Waals surface area (Å²) in [5.74, 6) is -1.00. The van der Waals surface area contributed by atoms with Gasteiger partial charge in [-0.3, -0.25) is 4.79 Å². The fourth-order valence-corrected chi connectivity index (χ4v) is 3.01. The van der Waals surface area contributed by atoms with Crippen molar-refractivity contribution in [2.75, 3.05) is 31.1 Å². The van der Waals surface area contributed by atoms with Crippen molar-refractivity contribution in [2.24, 2.45) is 0 Å². The summed E-state index contributed by atoms with van der Waals surface area (Å²) in [5, 5.41) is 9.14. The topological polar surface area (TPSA) is 70.1 Å². The molecule has 2 aromatic carbocycles. The van der Waals surface area contributed by atoms with Crippen LogP contribution >= 0.6 is 0 Å². The fraction of sp³-hybridized carbons (Fsp3) is 0.333. The maximum atomic E-state index is 13.0. The van der Waals surface area contributed by atoms with Crippen LogP contribution in [0.2, 0.25) is 0 Å². The molecule has 0 aromatic heterocycles. The Kier molecular flexibility index (Phi) is 5.53. The highest BCUT2D eigenvalue weighted by Gasteiger charge is 2.29. The number of piperazine rings is 1. The number of nitrogens with zero attached hydrogens (tertiary/aromatic N) is 2. The van der Waals surface area contributed by atoms with Gasteiger partial charge in [-0.05, 0) is 62.4 Å². The molecule has 1 fully saturated rings. The van der Waals surface area contributed by atoms with E-state index in [1.165, 1.54) is 38.1 Å². The van der Waals surface area contributed by atoms with Gasteiger partial charge in [-0.1, -0.05) is 0 Å². The number of carbonyl (C=O) groups excluding carboxylic acids is 1. The lowest BCUT2D eigenvalue weighted by Crippen LogP contribution is -2.48. The van der Waals surface area contributed by atoms with Crippen LogP contribution in [0.15, 0.2) is 48.5 Å². The highest BCUT2D eigenvalue weighted by molar-refractivity contribution is 5.94. The van der Waals surface area contributed by atoms with E-state index < -0.39 is 11.6 Å². The third-order valence-electron chi connectivity index (χ3n) is 4.75. The molecule has 1 heterocycles. The number of aliphatic carboxylic acids is 1. The molecular weight excluding hydrogens is 363 g/mol. The Morgan fingerprint density at radius 2 is 1.54 bits per heavy atom. The van der Waals surface area contributed by atoms with E-state index in [4.69, 9.17) is 9.84 Å². The minimum absolute atomic E-state index is 0.0979. The van der Waals surface area contributed by atoms with Gasteiger partial charge in [-0.25, -0.2) is 9.18 Å². The molecule has 3 rings (SSSR count). The minimum Gasteiger partial charge on any atom is -0.478 e. The number of ether oxygens (including phenoxy) is 1. The van der Waals surface area contributed by atoms with Gasteiger partial charge in [-0.15, -0.1) is 0 Å². The van der Waals surface area contributed by atoms with Crippen molar-refractivity contribution in [3.8, 4) is 5.75 Å². The van der Waals surface area contributed by atoms with E-state index in [0.717, 1.165) is 5.69 Å². The van der Waals surface area contributed by atoms with Crippen LogP contribution in [0.25, 0.3) is 0 Å². The van der Waals surface area contributed by atoms with Crippen molar-refractivity contribution in [2.45, 2.75) is 19.4 Å². The maximum absolute atomic E-state index is 13.0. The predicted molar refractivity (Wildman–Crippen MR) is 103 cm³/mol. The number of rotatable bonds is 5. The SMILES string of the molecule is CC(C)(Oc1ccc(N2CCN(C(=O)c3ccc(F)cc3)CC2)cc1)C(=O)O. The molecule has 0 unspecified atom stereocenters. The van der Waals surface area contributed by atoms with Crippen LogP contribution in [-0.2, 0) is 4.79 Å². The summed E-state index contributed by atoms with van der Waals surface area (Å²) in [6, 6.07) is 12.8. The molecule has 1 amide bonds. The van der Waals surface area contributed by atoms with Gasteiger partial charge in [0, 0.05) is 37.4 Å². The predicted octanol–water partition coefficient (Wildman–Crippen LogP) is 3.03. The number of amides is 1. The van der Waals surface area contributed by atoms with Crippen LogP contribution in [0.5, 0.6) is 5.75 Å². The van der Waals surface area contributed by atoms with Gasteiger partial charge < -0.3 is 19.6 Å². The Bertz CT molecular complexity index is 842. The minimum atomic E-state index is -1.30. The molecule has 0 aliphatic carbocycles. The van der Waals surface area contributed by atoms with E-state index in [1.54, 1.807) is 17.0 Å². The maximum Gasteiger partial charge on any atom is 0.347 e. The number of carbonyl (C=O) groups is 2. The number of anilines is 1. The number of hydrogen-bond donors (Lipinski definition) is 1. The van der Waals surface area contributed by atoms with E-state index in [0.29, 0.717) is 37.5 Å². The third-order valence-corrected chi connectivity index (χ3v) is 4.75. The van der Waals surface area contributed by atoms with Crippen LogP contribution < -0.4 is 9.64 Å². The first-order chi connectivity index (χ1) is 13.3. The Labute approximate surface area is 163 Å². The normalized spacial score (nSPS) is 14.7. The third kappa shape index (κ3) is 4.42. The Hall–Kier alpha value is -3.09. The van der Waals surface area contributed by atoms with Crippen molar-refractivity contribution in [1.82, 2.24) is 4.90 Å². The zero-order valence-corrected chi connectivity index (χ0v) is 15.9. The van der Waals surface area contributed by atoms with Gasteiger partial charge in [-0.2, -0.15) is 0 Å². The lowest BCUT2D eigenvalue weighted by Gasteiger charge is -2.36. The van der Waals surface area contributed by atoms with Crippen LogP contribution in [0.4, 0.5) is 10.1 Å². The molecule has 28 heavy (non-hydrogen) atoms. The number of benzene rings is 2. The molecule has 0 bridgehead atoms. The molecular formula is C21H23FN2O4. The van der Waals surface area contributed by atoms with Crippen LogP contribution in [0.3, 0.4) is 0 Å². The first-order valence-electron chi connectivity index (χ1n) is 9.08. The molecule has 148 valence electrons. The molecule has 6 nitrogen and oxygen atoms in total. The Morgan fingerprint density at radius 1 is 0.964 bits per heavy atom.